The van der Waals surface area contributed by atoms with E-state index >= 15 is 0 Å². The summed E-state index contributed by atoms with van der Waals surface area (Å²) in [5.41, 5.74) is 7.98. The van der Waals surface area contributed by atoms with Gasteiger partial charge in [-0.2, -0.15) is 0 Å². The summed E-state index contributed by atoms with van der Waals surface area (Å²) in [6, 6.07) is 18.6. The second kappa shape index (κ2) is 7.41. The molecule has 2 aromatic rings. The van der Waals surface area contributed by atoms with Crippen molar-refractivity contribution in [1.82, 2.24) is 0 Å². The number of carbonyl (C=O) groups is 1. The zero-order valence-electron chi connectivity index (χ0n) is 11.8. The Labute approximate surface area is 125 Å². The van der Waals surface area contributed by atoms with Crippen molar-refractivity contribution in [3.8, 4) is 0 Å². The SMILES string of the molecule is C=CC(C(=O)OCc1ccccc1)[C@H](N)c1ccccc1. The summed E-state index contributed by atoms with van der Waals surface area (Å²) in [4.78, 5) is 12.2. The molecule has 0 bridgehead atoms. The molecule has 0 spiro atoms. The average molecular weight is 281 g/mol. The summed E-state index contributed by atoms with van der Waals surface area (Å²) >= 11 is 0. The van der Waals surface area contributed by atoms with Crippen molar-refractivity contribution in [2.45, 2.75) is 12.6 Å². The molecule has 0 saturated heterocycles. The Morgan fingerprint density at radius 1 is 1.10 bits per heavy atom. The predicted octanol–water partition coefficient (Wildman–Crippen LogP) is 3.23. The minimum absolute atomic E-state index is 0.242. The lowest BCUT2D eigenvalue weighted by Gasteiger charge is -2.19. The van der Waals surface area contributed by atoms with Gasteiger partial charge in [-0.25, -0.2) is 0 Å². The van der Waals surface area contributed by atoms with Gasteiger partial charge in [-0.1, -0.05) is 66.7 Å². The number of esters is 1. The predicted molar refractivity (Wildman–Crippen MR) is 83.3 cm³/mol. The van der Waals surface area contributed by atoms with Gasteiger partial charge in [0.15, 0.2) is 0 Å². The number of hydrogen-bond acceptors (Lipinski definition) is 3. The number of ether oxygens (including phenoxy) is 1. The van der Waals surface area contributed by atoms with E-state index in [9.17, 15) is 4.79 Å². The van der Waals surface area contributed by atoms with Gasteiger partial charge >= 0.3 is 5.97 Å². The molecule has 0 aromatic heterocycles. The Morgan fingerprint density at radius 3 is 2.24 bits per heavy atom. The zero-order chi connectivity index (χ0) is 15.1. The van der Waals surface area contributed by atoms with Crippen molar-refractivity contribution in [3.05, 3.63) is 84.4 Å². The van der Waals surface area contributed by atoms with Crippen molar-refractivity contribution < 1.29 is 9.53 Å². The largest absolute Gasteiger partial charge is 0.460 e. The van der Waals surface area contributed by atoms with E-state index in [1.54, 1.807) is 6.08 Å². The summed E-state index contributed by atoms with van der Waals surface area (Å²) < 4.78 is 5.33. The summed E-state index contributed by atoms with van der Waals surface area (Å²) in [5, 5.41) is 0. The van der Waals surface area contributed by atoms with Gasteiger partial charge in [0.2, 0.25) is 0 Å². The maximum absolute atomic E-state index is 12.2. The fraction of sp³-hybridized carbons (Fsp3) is 0.167. The van der Waals surface area contributed by atoms with Crippen LogP contribution in [0.3, 0.4) is 0 Å². The average Bonchev–Trinajstić information content (AvgIpc) is 2.55. The number of hydrogen-bond donors (Lipinski definition) is 1. The maximum atomic E-state index is 12.2. The summed E-state index contributed by atoms with van der Waals surface area (Å²) in [7, 11) is 0. The van der Waals surface area contributed by atoms with E-state index in [1.165, 1.54) is 0 Å². The maximum Gasteiger partial charge on any atom is 0.315 e. The van der Waals surface area contributed by atoms with Crippen molar-refractivity contribution in [2.75, 3.05) is 0 Å². The van der Waals surface area contributed by atoms with Gasteiger partial charge in [-0.15, -0.1) is 6.58 Å². The van der Waals surface area contributed by atoms with Crippen LogP contribution in [-0.2, 0) is 16.1 Å². The molecule has 0 amide bonds. The molecule has 1 unspecified atom stereocenters. The van der Waals surface area contributed by atoms with Crippen molar-refractivity contribution in [1.29, 1.82) is 0 Å². The van der Waals surface area contributed by atoms with Gasteiger partial charge in [0.25, 0.3) is 0 Å². The first-order valence-corrected chi connectivity index (χ1v) is 6.86. The first-order chi connectivity index (χ1) is 10.2. The fourth-order valence-electron chi connectivity index (χ4n) is 2.10. The topological polar surface area (TPSA) is 52.3 Å². The minimum atomic E-state index is -0.559. The highest BCUT2D eigenvalue weighted by Crippen LogP contribution is 2.22. The van der Waals surface area contributed by atoms with Gasteiger partial charge < -0.3 is 10.5 Å². The van der Waals surface area contributed by atoms with Crippen LogP contribution < -0.4 is 5.73 Å². The van der Waals surface area contributed by atoms with E-state index in [-0.39, 0.29) is 12.6 Å². The molecule has 108 valence electrons. The van der Waals surface area contributed by atoms with Crippen LogP contribution in [0.15, 0.2) is 73.3 Å². The van der Waals surface area contributed by atoms with Gasteiger partial charge in [0.05, 0.1) is 5.92 Å². The first-order valence-electron chi connectivity index (χ1n) is 6.86. The van der Waals surface area contributed by atoms with Gasteiger partial charge in [0.1, 0.15) is 6.61 Å². The van der Waals surface area contributed by atoms with Crippen molar-refractivity contribution in [2.24, 2.45) is 11.7 Å². The van der Waals surface area contributed by atoms with E-state index in [0.29, 0.717) is 0 Å². The Morgan fingerprint density at radius 2 is 1.67 bits per heavy atom. The lowest BCUT2D eigenvalue weighted by atomic mass is 9.94. The monoisotopic (exact) mass is 281 g/mol. The second-order valence-electron chi connectivity index (χ2n) is 4.79. The lowest BCUT2D eigenvalue weighted by Crippen LogP contribution is -2.28. The zero-order valence-corrected chi connectivity index (χ0v) is 11.8. The van der Waals surface area contributed by atoms with Crippen LogP contribution in [0.4, 0.5) is 0 Å². The molecule has 2 rings (SSSR count). The van der Waals surface area contributed by atoms with Crippen LogP contribution in [0.25, 0.3) is 0 Å². The molecule has 3 nitrogen and oxygen atoms in total. The molecule has 2 atom stereocenters. The summed E-state index contributed by atoms with van der Waals surface area (Å²) in [6.07, 6.45) is 1.55. The molecule has 0 saturated carbocycles. The Hall–Kier alpha value is -2.39. The fourth-order valence-corrected chi connectivity index (χ4v) is 2.10. The minimum Gasteiger partial charge on any atom is -0.460 e. The van der Waals surface area contributed by atoms with Crippen molar-refractivity contribution >= 4 is 5.97 Å². The van der Waals surface area contributed by atoms with E-state index in [4.69, 9.17) is 10.5 Å². The third kappa shape index (κ3) is 4.04. The van der Waals surface area contributed by atoms with Gasteiger partial charge in [-0.05, 0) is 11.1 Å². The second-order valence-corrected chi connectivity index (χ2v) is 4.79. The molecule has 2 N–H and O–H groups in total. The molecule has 0 aliphatic rings. The van der Waals surface area contributed by atoms with E-state index in [0.717, 1.165) is 11.1 Å². The van der Waals surface area contributed by atoms with Crippen molar-refractivity contribution in [3.63, 3.8) is 0 Å². The molecule has 3 heteroatoms. The highest BCUT2D eigenvalue weighted by Gasteiger charge is 2.25. The lowest BCUT2D eigenvalue weighted by molar-refractivity contribution is -0.148. The molecule has 2 aromatic carbocycles. The Kier molecular flexibility index (Phi) is 5.29. The number of benzene rings is 2. The molecule has 0 aliphatic heterocycles. The molecule has 0 fully saturated rings. The van der Waals surface area contributed by atoms with Crippen LogP contribution in [0, 0.1) is 5.92 Å². The molecule has 21 heavy (non-hydrogen) atoms. The molecule has 0 aliphatic carbocycles. The van der Waals surface area contributed by atoms with E-state index in [2.05, 4.69) is 6.58 Å². The summed E-state index contributed by atoms with van der Waals surface area (Å²) in [6.45, 7) is 3.94. The third-order valence-electron chi connectivity index (χ3n) is 3.32. The van der Waals surface area contributed by atoms with Crippen LogP contribution in [-0.4, -0.2) is 5.97 Å². The highest BCUT2D eigenvalue weighted by atomic mass is 16.5. The quantitative estimate of drug-likeness (QED) is 0.653. The first kappa shape index (κ1) is 15.0. The van der Waals surface area contributed by atoms with Gasteiger partial charge in [0, 0.05) is 6.04 Å². The van der Waals surface area contributed by atoms with Crippen LogP contribution in [0.2, 0.25) is 0 Å². The number of rotatable bonds is 6. The molecular formula is C18H19NO2. The standard InChI is InChI=1S/C18H19NO2/c1-2-16(17(19)15-11-7-4-8-12-15)18(20)21-13-14-9-5-3-6-10-14/h2-12,16-17H,1,13,19H2/t16?,17-/m1/s1. The highest BCUT2D eigenvalue weighted by molar-refractivity contribution is 5.75. The van der Waals surface area contributed by atoms with E-state index in [1.807, 2.05) is 60.7 Å². The molecule has 0 heterocycles. The van der Waals surface area contributed by atoms with Crippen LogP contribution in [0.5, 0.6) is 0 Å². The third-order valence-corrected chi connectivity index (χ3v) is 3.32. The molecule has 0 radical (unpaired) electrons. The Balaban J connectivity index is 2.00. The number of nitrogens with two attached hydrogens (primary N) is 1. The normalized spacial score (nSPS) is 13.2. The smallest absolute Gasteiger partial charge is 0.315 e. The van der Waals surface area contributed by atoms with Gasteiger partial charge in [-0.3, -0.25) is 4.79 Å². The summed E-state index contributed by atoms with van der Waals surface area (Å²) in [5.74, 6) is -0.915. The number of carbonyl (C=O) groups excluding carboxylic acids is 1. The van der Waals surface area contributed by atoms with Crippen LogP contribution in [0.1, 0.15) is 17.2 Å². The van der Waals surface area contributed by atoms with E-state index < -0.39 is 12.0 Å². The molecular weight excluding hydrogens is 262 g/mol. The Bertz CT molecular complexity index is 581. The van der Waals surface area contributed by atoms with Crippen LogP contribution >= 0.6 is 0 Å².